The van der Waals surface area contributed by atoms with Gasteiger partial charge in [-0.15, -0.1) is 0 Å². The molecule has 0 saturated heterocycles. The van der Waals surface area contributed by atoms with E-state index in [0.29, 0.717) is 10.8 Å². The summed E-state index contributed by atoms with van der Waals surface area (Å²) >= 11 is 0. The van der Waals surface area contributed by atoms with Crippen molar-refractivity contribution in [1.82, 2.24) is 4.72 Å². The van der Waals surface area contributed by atoms with Gasteiger partial charge in [-0.2, -0.15) is 0 Å². The number of nitrogens with zero attached hydrogens (tertiary/aromatic N) is 1. The number of sulfonamides is 1. The summed E-state index contributed by atoms with van der Waals surface area (Å²) in [5.41, 5.74) is 6.07. The molecule has 1 atom stereocenters. The van der Waals surface area contributed by atoms with E-state index in [4.69, 9.17) is 5.73 Å². The minimum atomic E-state index is -3.67. The Hall–Kier alpha value is -0.960. The molecule has 1 aliphatic rings. The van der Waals surface area contributed by atoms with Gasteiger partial charge in [-0.25, -0.2) is 13.1 Å². The molecule has 1 aromatic carbocycles. The van der Waals surface area contributed by atoms with Crippen LogP contribution in [0.25, 0.3) is 0 Å². The van der Waals surface area contributed by atoms with Gasteiger partial charge in [0.25, 0.3) is 0 Å². The number of fused-ring (bicyclic) bond motifs is 1. The molecule has 0 amide bonds. The fourth-order valence-corrected chi connectivity index (χ4v) is 5.35. The molecule has 1 aliphatic heterocycles. The Kier molecular flexibility index (Phi) is 4.79. The highest BCUT2D eigenvalue weighted by Gasteiger charge is 2.31. The molecule has 1 heterocycles. The van der Waals surface area contributed by atoms with Crippen molar-refractivity contribution in [2.75, 3.05) is 30.4 Å². The first-order valence-electron chi connectivity index (χ1n) is 6.47. The highest BCUT2D eigenvalue weighted by molar-refractivity contribution is 7.91. The predicted molar refractivity (Wildman–Crippen MR) is 79.6 cm³/mol. The lowest BCUT2D eigenvalue weighted by Gasteiger charge is -2.17. The van der Waals surface area contributed by atoms with Crippen LogP contribution < -0.4 is 15.4 Å². The molecule has 0 aromatic heterocycles. The molecule has 3 N–H and O–H groups in total. The molecule has 2 rings (SSSR count). The number of benzene rings is 1. The van der Waals surface area contributed by atoms with E-state index in [2.05, 4.69) is 4.72 Å². The molecule has 0 saturated carbocycles. The molecule has 8 heteroatoms. The fourth-order valence-electron chi connectivity index (χ4n) is 2.20. The Morgan fingerprint density at radius 3 is 2.85 bits per heavy atom. The third-order valence-electron chi connectivity index (χ3n) is 3.02. The summed E-state index contributed by atoms with van der Waals surface area (Å²) in [5.74, 6) is 0.354. The molecule has 20 heavy (non-hydrogen) atoms. The van der Waals surface area contributed by atoms with Crippen LogP contribution in [0.4, 0.5) is 5.69 Å². The zero-order valence-corrected chi connectivity index (χ0v) is 13.0. The number of nitrogens with two attached hydrogens (primary N) is 1. The van der Waals surface area contributed by atoms with E-state index in [1.54, 1.807) is 6.07 Å². The molecule has 1 aromatic rings. The van der Waals surface area contributed by atoms with Gasteiger partial charge in [0.15, 0.2) is 0 Å². The van der Waals surface area contributed by atoms with Gasteiger partial charge in [0.05, 0.1) is 27.3 Å². The second kappa shape index (κ2) is 6.21. The molecule has 0 radical (unpaired) electrons. The monoisotopic (exact) mass is 317 g/mol. The lowest BCUT2D eigenvalue weighted by Crippen LogP contribution is -2.29. The zero-order valence-electron chi connectivity index (χ0n) is 11.3. The Labute approximate surface area is 121 Å². The average molecular weight is 317 g/mol. The van der Waals surface area contributed by atoms with Gasteiger partial charge >= 0.3 is 0 Å². The van der Waals surface area contributed by atoms with Crippen molar-refractivity contribution >= 4 is 26.5 Å². The van der Waals surface area contributed by atoms with Crippen molar-refractivity contribution in [2.45, 2.75) is 23.1 Å². The first-order valence-corrected chi connectivity index (χ1v) is 9.27. The summed E-state index contributed by atoms with van der Waals surface area (Å²) < 4.78 is 39.1. The van der Waals surface area contributed by atoms with Gasteiger partial charge in [-0.3, -0.25) is 4.21 Å². The molecule has 1 unspecified atom stereocenters. The minimum absolute atomic E-state index is 0.0976. The van der Waals surface area contributed by atoms with Gasteiger partial charge in [-0.1, -0.05) is 13.0 Å². The van der Waals surface area contributed by atoms with Crippen LogP contribution in [-0.4, -0.2) is 38.1 Å². The lowest BCUT2D eigenvalue weighted by molar-refractivity contribution is 0.579. The van der Waals surface area contributed by atoms with E-state index in [1.807, 2.05) is 17.9 Å². The normalized spacial score (nSPS) is 18.3. The summed E-state index contributed by atoms with van der Waals surface area (Å²) in [5, 5.41) is 0. The van der Waals surface area contributed by atoms with Gasteiger partial charge in [0.1, 0.15) is 4.90 Å². The summed E-state index contributed by atoms with van der Waals surface area (Å²) in [7, 11) is -4.99. The number of hydrogen-bond donors (Lipinski definition) is 2. The highest BCUT2D eigenvalue weighted by atomic mass is 32.2. The molecular formula is C12H19N3O3S2. The second-order valence-electron chi connectivity index (χ2n) is 4.53. The van der Waals surface area contributed by atoms with Gasteiger partial charge in [-0.05, 0) is 18.6 Å². The van der Waals surface area contributed by atoms with E-state index >= 15 is 0 Å². The quantitative estimate of drug-likeness (QED) is 0.783. The number of hydrogen-bond acceptors (Lipinski definition) is 5. The minimum Gasteiger partial charge on any atom is -0.358 e. The largest absolute Gasteiger partial charge is 0.358 e. The van der Waals surface area contributed by atoms with Crippen LogP contribution in [0, 0.1) is 0 Å². The third-order valence-corrected chi connectivity index (χ3v) is 6.08. The van der Waals surface area contributed by atoms with Crippen LogP contribution in [0.15, 0.2) is 28.0 Å². The van der Waals surface area contributed by atoms with E-state index in [9.17, 15) is 12.6 Å². The van der Waals surface area contributed by atoms with Crippen LogP contribution in [-0.2, 0) is 20.8 Å². The predicted octanol–water partition coefficient (Wildman–Crippen LogP) is 0.219. The summed E-state index contributed by atoms with van der Waals surface area (Å²) in [6.07, 6.45) is 0.916. The molecule has 0 spiro atoms. The van der Waals surface area contributed by atoms with Gasteiger partial charge in [0.2, 0.25) is 10.0 Å². The highest BCUT2D eigenvalue weighted by Crippen LogP contribution is 2.36. The number of nitrogens with one attached hydrogen (secondary N) is 1. The van der Waals surface area contributed by atoms with Crippen molar-refractivity contribution in [2.24, 2.45) is 5.73 Å². The fraction of sp³-hybridized carbons (Fsp3) is 0.500. The number of anilines is 1. The average Bonchev–Trinajstić information content (AvgIpc) is 2.74. The van der Waals surface area contributed by atoms with E-state index in [0.717, 1.165) is 18.7 Å². The van der Waals surface area contributed by atoms with Crippen LogP contribution in [0.1, 0.15) is 13.3 Å². The van der Waals surface area contributed by atoms with E-state index < -0.39 is 20.8 Å². The van der Waals surface area contributed by atoms with Gasteiger partial charge < -0.3 is 10.6 Å². The first-order chi connectivity index (χ1) is 9.51. The third kappa shape index (κ3) is 2.88. The maximum atomic E-state index is 12.2. The lowest BCUT2D eigenvalue weighted by atomic mass is 10.3. The Morgan fingerprint density at radius 1 is 1.45 bits per heavy atom. The van der Waals surface area contributed by atoms with Crippen molar-refractivity contribution in [3.05, 3.63) is 18.2 Å². The van der Waals surface area contributed by atoms with Crippen molar-refractivity contribution in [1.29, 1.82) is 0 Å². The second-order valence-corrected chi connectivity index (χ2v) is 7.62. The first kappa shape index (κ1) is 15.4. The Bertz CT molecular complexity index is 616. The summed E-state index contributed by atoms with van der Waals surface area (Å²) in [4.78, 5) is 2.47. The molecule has 6 nitrogen and oxygen atoms in total. The van der Waals surface area contributed by atoms with Crippen molar-refractivity contribution in [3.63, 3.8) is 0 Å². The zero-order chi connectivity index (χ0) is 14.8. The van der Waals surface area contributed by atoms with Gasteiger partial charge in [0, 0.05) is 19.6 Å². The SMILES string of the molecule is CCCN1CS(=O)c2c1cccc2S(=O)(=O)NCCN. The standard InChI is InChI=1S/C12H19N3O3S2/c1-2-8-15-9-19(16)12-10(15)4-3-5-11(12)20(17,18)14-7-6-13/h3-5,14H,2,6-9,13H2,1H3. The van der Waals surface area contributed by atoms with Crippen molar-refractivity contribution < 1.29 is 12.6 Å². The van der Waals surface area contributed by atoms with Crippen LogP contribution >= 0.6 is 0 Å². The molecule has 0 bridgehead atoms. The molecule has 0 fully saturated rings. The molecular weight excluding hydrogens is 298 g/mol. The summed E-state index contributed by atoms with van der Waals surface area (Å²) in [6.45, 7) is 3.18. The van der Waals surface area contributed by atoms with Crippen molar-refractivity contribution in [3.8, 4) is 0 Å². The van der Waals surface area contributed by atoms with Crippen LogP contribution in [0.5, 0.6) is 0 Å². The topological polar surface area (TPSA) is 92.5 Å². The Balaban J connectivity index is 2.46. The van der Waals surface area contributed by atoms with Crippen LogP contribution in [0.3, 0.4) is 0 Å². The maximum Gasteiger partial charge on any atom is 0.241 e. The van der Waals surface area contributed by atoms with E-state index in [1.165, 1.54) is 6.07 Å². The van der Waals surface area contributed by atoms with E-state index in [-0.39, 0.29) is 18.0 Å². The molecule has 112 valence electrons. The maximum absolute atomic E-state index is 12.2. The summed E-state index contributed by atoms with van der Waals surface area (Å²) in [6, 6.07) is 4.99. The van der Waals surface area contributed by atoms with Crippen LogP contribution in [0.2, 0.25) is 0 Å². The number of rotatable bonds is 6. The Morgan fingerprint density at radius 2 is 2.20 bits per heavy atom. The molecule has 0 aliphatic carbocycles. The smallest absolute Gasteiger partial charge is 0.241 e.